The van der Waals surface area contributed by atoms with Crippen molar-refractivity contribution in [2.45, 2.75) is 232 Å². The molecule has 0 amide bonds. The van der Waals surface area contributed by atoms with Gasteiger partial charge in [0.15, 0.2) is 0 Å². The number of nitrogens with zero attached hydrogens (tertiary/aromatic N) is 1. The van der Waals surface area contributed by atoms with Gasteiger partial charge in [0.2, 0.25) is 0 Å². The second kappa shape index (κ2) is 29.1. The molecule has 2 aliphatic rings. The summed E-state index contributed by atoms with van der Waals surface area (Å²) in [4.78, 5) is 15.2. The third-order valence-electron chi connectivity index (χ3n) is 12.1. The fourth-order valence-electron chi connectivity index (χ4n) is 8.74. The van der Waals surface area contributed by atoms with E-state index in [0.29, 0.717) is 6.42 Å². The molecule has 2 aliphatic carbocycles. The highest BCUT2D eigenvalue weighted by molar-refractivity contribution is 5.69. The van der Waals surface area contributed by atoms with Crippen molar-refractivity contribution in [1.29, 1.82) is 0 Å². The molecule has 0 radical (unpaired) electrons. The maximum absolute atomic E-state index is 13.0. The molecule has 3 nitrogen and oxygen atoms in total. The molecule has 284 valence electrons. The first-order valence-corrected chi connectivity index (χ1v) is 22.3. The molecule has 6 unspecified atom stereocenters. The van der Waals surface area contributed by atoms with Crippen LogP contribution in [0.25, 0.3) is 0 Å². The van der Waals surface area contributed by atoms with Crippen LogP contribution in [0, 0.1) is 29.6 Å². The standard InChI is InChI=1S/C45H87NO2/c1-6-9-12-15-18-23-29-39-36-40(39)30-24-21-22-26-31-41(44-38-42(44)32-25-19-16-13-10-7-2)37-43(33-27-20-17-14-11-8-3)48-45(47)34-28-35-46(4)5/h39-44H,6-38H2,1-5H3. The third kappa shape index (κ3) is 23.0. The first kappa shape index (κ1) is 43.6. The van der Waals surface area contributed by atoms with E-state index < -0.39 is 0 Å². The van der Waals surface area contributed by atoms with Crippen LogP contribution in [0.4, 0.5) is 0 Å². The van der Waals surface area contributed by atoms with Crippen molar-refractivity contribution < 1.29 is 9.53 Å². The molecule has 3 heteroatoms. The van der Waals surface area contributed by atoms with Crippen LogP contribution in [0.1, 0.15) is 226 Å². The molecular formula is C45H87NO2. The minimum atomic E-state index is 0.0564. The Morgan fingerprint density at radius 3 is 1.54 bits per heavy atom. The van der Waals surface area contributed by atoms with Crippen molar-refractivity contribution in [2.75, 3.05) is 20.6 Å². The molecule has 48 heavy (non-hydrogen) atoms. The van der Waals surface area contributed by atoms with Gasteiger partial charge in [-0.2, -0.15) is 0 Å². The first-order valence-electron chi connectivity index (χ1n) is 22.3. The predicted molar refractivity (Wildman–Crippen MR) is 211 cm³/mol. The predicted octanol–water partition coefficient (Wildman–Crippen LogP) is 14.1. The first-order chi connectivity index (χ1) is 23.5. The monoisotopic (exact) mass is 674 g/mol. The summed E-state index contributed by atoms with van der Waals surface area (Å²) in [6.07, 6.45) is 43.3. The number of carbonyl (C=O) groups is 1. The average Bonchev–Trinajstić information content (AvgIpc) is 4.00. The summed E-state index contributed by atoms with van der Waals surface area (Å²) in [5.41, 5.74) is 0. The Morgan fingerprint density at radius 1 is 0.562 bits per heavy atom. The van der Waals surface area contributed by atoms with Gasteiger partial charge < -0.3 is 9.64 Å². The fourth-order valence-corrected chi connectivity index (χ4v) is 8.74. The van der Waals surface area contributed by atoms with Gasteiger partial charge in [-0.3, -0.25) is 4.79 Å². The number of rotatable bonds is 36. The van der Waals surface area contributed by atoms with Crippen molar-refractivity contribution in [3.8, 4) is 0 Å². The van der Waals surface area contributed by atoms with Crippen molar-refractivity contribution in [3.05, 3.63) is 0 Å². The van der Waals surface area contributed by atoms with E-state index in [4.69, 9.17) is 4.74 Å². The molecule has 0 aromatic heterocycles. The SMILES string of the molecule is CCCCCCCCC(CC(CCCCCCC1CC1CCCCCCCC)C1CC1CCCCCCCC)OC(=O)CCCN(C)C. The molecule has 2 saturated carbocycles. The summed E-state index contributed by atoms with van der Waals surface area (Å²) in [6, 6.07) is 0. The molecular weight excluding hydrogens is 587 g/mol. The van der Waals surface area contributed by atoms with E-state index in [1.807, 2.05) is 0 Å². The van der Waals surface area contributed by atoms with E-state index in [9.17, 15) is 4.79 Å². The molecule has 0 aliphatic heterocycles. The van der Waals surface area contributed by atoms with Gasteiger partial charge in [0.25, 0.3) is 0 Å². The number of esters is 1. The quantitative estimate of drug-likeness (QED) is 0.0490. The number of hydrogen-bond acceptors (Lipinski definition) is 3. The summed E-state index contributed by atoms with van der Waals surface area (Å²) in [5, 5.41) is 0. The van der Waals surface area contributed by atoms with E-state index in [-0.39, 0.29) is 12.1 Å². The molecule has 0 spiro atoms. The lowest BCUT2D eigenvalue weighted by Gasteiger charge is -2.25. The molecule has 2 rings (SSSR count). The minimum Gasteiger partial charge on any atom is -0.462 e. The Morgan fingerprint density at radius 2 is 1.02 bits per heavy atom. The summed E-state index contributed by atoms with van der Waals surface area (Å²) in [7, 11) is 4.18. The van der Waals surface area contributed by atoms with Gasteiger partial charge in [0.1, 0.15) is 6.10 Å². The summed E-state index contributed by atoms with van der Waals surface area (Å²) in [6.45, 7) is 7.89. The van der Waals surface area contributed by atoms with Gasteiger partial charge >= 0.3 is 5.97 Å². The zero-order valence-electron chi connectivity index (χ0n) is 33.6. The van der Waals surface area contributed by atoms with E-state index in [0.717, 1.165) is 55.4 Å². The summed E-state index contributed by atoms with van der Waals surface area (Å²) >= 11 is 0. The van der Waals surface area contributed by atoms with Gasteiger partial charge in [-0.15, -0.1) is 0 Å². The van der Waals surface area contributed by atoms with Gasteiger partial charge in [-0.05, 0) is 88.8 Å². The van der Waals surface area contributed by atoms with Gasteiger partial charge in [-0.25, -0.2) is 0 Å². The highest BCUT2D eigenvalue weighted by Gasteiger charge is 2.42. The Labute approximate surface area is 302 Å². The second-order valence-electron chi connectivity index (χ2n) is 17.1. The number of carbonyl (C=O) groups excluding carboxylic acids is 1. The summed E-state index contributed by atoms with van der Waals surface area (Å²) in [5.74, 6) is 4.81. The summed E-state index contributed by atoms with van der Waals surface area (Å²) < 4.78 is 6.32. The average molecular weight is 674 g/mol. The van der Waals surface area contributed by atoms with E-state index in [1.54, 1.807) is 0 Å². The van der Waals surface area contributed by atoms with Crippen molar-refractivity contribution in [3.63, 3.8) is 0 Å². The largest absolute Gasteiger partial charge is 0.462 e. The topological polar surface area (TPSA) is 29.5 Å². The van der Waals surface area contributed by atoms with Crippen LogP contribution in [-0.4, -0.2) is 37.6 Å². The van der Waals surface area contributed by atoms with Crippen molar-refractivity contribution >= 4 is 5.97 Å². The lowest BCUT2D eigenvalue weighted by Crippen LogP contribution is -2.24. The molecule has 0 N–H and O–H groups in total. The van der Waals surface area contributed by atoms with Crippen LogP contribution < -0.4 is 0 Å². The molecule has 0 aromatic carbocycles. The minimum absolute atomic E-state index is 0.0564. The second-order valence-corrected chi connectivity index (χ2v) is 17.1. The van der Waals surface area contributed by atoms with E-state index >= 15 is 0 Å². The number of ether oxygens (including phenoxy) is 1. The molecule has 0 bridgehead atoms. The Kier molecular flexibility index (Phi) is 26.4. The van der Waals surface area contributed by atoms with Crippen LogP contribution in [0.2, 0.25) is 0 Å². The van der Waals surface area contributed by atoms with E-state index in [2.05, 4.69) is 39.8 Å². The normalized spacial score (nSPS) is 21.5. The highest BCUT2D eigenvalue weighted by Crippen LogP contribution is 2.51. The molecule has 2 fully saturated rings. The van der Waals surface area contributed by atoms with Crippen molar-refractivity contribution in [1.82, 2.24) is 4.90 Å². The Balaban J connectivity index is 1.79. The Bertz CT molecular complexity index is 736. The maximum atomic E-state index is 13.0. The van der Waals surface area contributed by atoms with Gasteiger partial charge in [-0.1, -0.05) is 181 Å². The maximum Gasteiger partial charge on any atom is 0.306 e. The lowest BCUT2D eigenvalue weighted by molar-refractivity contribution is -0.150. The van der Waals surface area contributed by atoms with Crippen molar-refractivity contribution in [2.24, 2.45) is 29.6 Å². The van der Waals surface area contributed by atoms with E-state index in [1.165, 1.54) is 180 Å². The Hall–Kier alpha value is -0.570. The van der Waals surface area contributed by atoms with Crippen LogP contribution in [0.15, 0.2) is 0 Å². The van der Waals surface area contributed by atoms with Gasteiger partial charge in [0.05, 0.1) is 0 Å². The number of unbranched alkanes of at least 4 members (excludes halogenated alkanes) is 18. The lowest BCUT2D eigenvalue weighted by atomic mass is 9.87. The third-order valence-corrected chi connectivity index (χ3v) is 12.1. The fraction of sp³-hybridized carbons (Fsp3) is 0.978. The zero-order valence-corrected chi connectivity index (χ0v) is 33.6. The van der Waals surface area contributed by atoms with Gasteiger partial charge in [0, 0.05) is 6.42 Å². The molecule has 0 heterocycles. The number of hydrogen-bond donors (Lipinski definition) is 0. The molecule has 0 aromatic rings. The van der Waals surface area contributed by atoms with Crippen LogP contribution in [-0.2, 0) is 9.53 Å². The van der Waals surface area contributed by atoms with Crippen LogP contribution in [0.3, 0.4) is 0 Å². The molecule has 6 atom stereocenters. The van der Waals surface area contributed by atoms with Crippen LogP contribution >= 0.6 is 0 Å². The zero-order chi connectivity index (χ0) is 34.7. The highest BCUT2D eigenvalue weighted by atomic mass is 16.5. The van der Waals surface area contributed by atoms with Crippen LogP contribution in [0.5, 0.6) is 0 Å². The molecule has 0 saturated heterocycles. The smallest absolute Gasteiger partial charge is 0.306 e.